The second kappa shape index (κ2) is 5.11. The number of hydrogen-bond donors (Lipinski definition) is 0. The Bertz CT molecular complexity index is 604. The van der Waals surface area contributed by atoms with Crippen molar-refractivity contribution in [1.29, 1.82) is 0 Å². The molecule has 0 unspecified atom stereocenters. The molecule has 0 N–H and O–H groups in total. The number of para-hydroxylation sites is 2. The van der Waals surface area contributed by atoms with Crippen LogP contribution in [0, 0.1) is 0 Å². The van der Waals surface area contributed by atoms with Gasteiger partial charge in [-0.15, -0.1) is 0 Å². The van der Waals surface area contributed by atoms with Crippen LogP contribution >= 0.6 is 0 Å². The van der Waals surface area contributed by atoms with E-state index >= 15 is 0 Å². The van der Waals surface area contributed by atoms with Gasteiger partial charge in [0.05, 0.1) is 22.9 Å². The normalized spacial score (nSPS) is 26.8. The van der Waals surface area contributed by atoms with E-state index in [1.165, 1.54) is 39.0 Å². The second-order valence-electron chi connectivity index (χ2n) is 5.89. The van der Waals surface area contributed by atoms with Gasteiger partial charge in [-0.1, -0.05) is 12.1 Å². The average Bonchev–Trinajstić information content (AvgIpc) is 2.81. The lowest BCUT2D eigenvalue weighted by Gasteiger charge is -2.31. The Morgan fingerprint density at radius 2 is 1.80 bits per heavy atom. The molecule has 4 nitrogen and oxygen atoms in total. The molecule has 0 aliphatic carbocycles. The number of benzene rings is 1. The highest BCUT2D eigenvalue weighted by Gasteiger charge is 2.29. The highest BCUT2D eigenvalue weighted by atomic mass is 15.3. The molecule has 0 spiro atoms. The van der Waals surface area contributed by atoms with E-state index in [9.17, 15) is 0 Å². The summed E-state index contributed by atoms with van der Waals surface area (Å²) >= 11 is 0. The number of piperidine rings is 1. The van der Waals surface area contributed by atoms with Crippen LogP contribution in [-0.4, -0.2) is 52.0 Å². The molecule has 3 saturated heterocycles. The lowest BCUT2D eigenvalue weighted by atomic mass is 10.1. The molecule has 1 aromatic carbocycles. The standard InChI is InChI=1S/C16H20N4/c1-2-4-16-15(3-1)17-11-13(18-16)12-20-10-9-19-7-5-14(20)6-8-19/h1-4,11,14H,5-10,12H2. The predicted molar refractivity (Wildman–Crippen MR) is 79.4 cm³/mol. The molecule has 2 aromatic rings. The van der Waals surface area contributed by atoms with Gasteiger partial charge in [0.15, 0.2) is 0 Å². The van der Waals surface area contributed by atoms with E-state index in [4.69, 9.17) is 4.98 Å². The van der Waals surface area contributed by atoms with Crippen LogP contribution in [0.4, 0.5) is 0 Å². The van der Waals surface area contributed by atoms with Crippen molar-refractivity contribution in [3.8, 4) is 0 Å². The van der Waals surface area contributed by atoms with Crippen LogP contribution in [0.15, 0.2) is 30.5 Å². The molecule has 20 heavy (non-hydrogen) atoms. The number of nitrogens with zero attached hydrogens (tertiary/aromatic N) is 4. The van der Waals surface area contributed by atoms with Gasteiger partial charge in [-0.05, 0) is 38.1 Å². The molecule has 3 aliphatic heterocycles. The number of hydrogen-bond acceptors (Lipinski definition) is 4. The van der Waals surface area contributed by atoms with Gasteiger partial charge in [0.1, 0.15) is 0 Å². The van der Waals surface area contributed by atoms with Gasteiger partial charge >= 0.3 is 0 Å². The minimum atomic E-state index is 0.738. The van der Waals surface area contributed by atoms with Gasteiger partial charge in [0, 0.05) is 25.7 Å². The van der Waals surface area contributed by atoms with Crippen molar-refractivity contribution >= 4 is 11.0 Å². The summed E-state index contributed by atoms with van der Waals surface area (Å²) in [6, 6.07) is 8.85. The number of fused-ring (bicyclic) bond motifs is 5. The maximum Gasteiger partial charge on any atom is 0.0890 e. The summed E-state index contributed by atoms with van der Waals surface area (Å²) in [4.78, 5) is 14.5. The lowest BCUT2D eigenvalue weighted by molar-refractivity contribution is 0.175. The largest absolute Gasteiger partial charge is 0.302 e. The second-order valence-corrected chi connectivity index (χ2v) is 5.89. The van der Waals surface area contributed by atoms with Crippen LogP contribution in [-0.2, 0) is 6.54 Å². The van der Waals surface area contributed by atoms with Crippen LogP contribution < -0.4 is 0 Å². The van der Waals surface area contributed by atoms with Crippen molar-refractivity contribution in [3.63, 3.8) is 0 Å². The molecule has 4 heterocycles. The van der Waals surface area contributed by atoms with E-state index in [2.05, 4.69) is 14.8 Å². The van der Waals surface area contributed by atoms with Crippen LogP contribution in [0.1, 0.15) is 18.5 Å². The maximum atomic E-state index is 4.76. The summed E-state index contributed by atoms with van der Waals surface area (Å²) in [7, 11) is 0. The Morgan fingerprint density at radius 3 is 2.65 bits per heavy atom. The monoisotopic (exact) mass is 268 g/mol. The van der Waals surface area contributed by atoms with E-state index < -0.39 is 0 Å². The van der Waals surface area contributed by atoms with Gasteiger partial charge in [-0.3, -0.25) is 9.88 Å². The zero-order valence-corrected chi connectivity index (χ0v) is 11.7. The minimum absolute atomic E-state index is 0.738. The zero-order valence-electron chi connectivity index (χ0n) is 11.7. The van der Waals surface area contributed by atoms with Gasteiger partial charge in [-0.25, -0.2) is 4.98 Å². The van der Waals surface area contributed by atoms with Gasteiger partial charge in [-0.2, -0.15) is 0 Å². The summed E-state index contributed by atoms with van der Waals surface area (Å²) in [6.07, 6.45) is 4.56. The molecule has 2 bridgehead atoms. The van der Waals surface area contributed by atoms with Crippen LogP contribution in [0.2, 0.25) is 0 Å². The third kappa shape index (κ3) is 2.30. The summed E-state index contributed by atoms with van der Waals surface area (Å²) in [5.74, 6) is 0. The Hall–Kier alpha value is -1.52. The highest BCUT2D eigenvalue weighted by molar-refractivity contribution is 5.73. The smallest absolute Gasteiger partial charge is 0.0890 e. The Kier molecular flexibility index (Phi) is 3.13. The first-order chi connectivity index (χ1) is 9.88. The van der Waals surface area contributed by atoms with Gasteiger partial charge in [0.2, 0.25) is 0 Å². The first-order valence-corrected chi connectivity index (χ1v) is 7.55. The first-order valence-electron chi connectivity index (χ1n) is 7.55. The third-order valence-electron chi connectivity index (χ3n) is 4.64. The minimum Gasteiger partial charge on any atom is -0.302 e. The molecule has 0 radical (unpaired) electrons. The van der Waals surface area contributed by atoms with Crippen LogP contribution in [0.3, 0.4) is 0 Å². The Balaban J connectivity index is 1.57. The topological polar surface area (TPSA) is 32.3 Å². The summed E-state index contributed by atoms with van der Waals surface area (Å²) < 4.78 is 0. The highest BCUT2D eigenvalue weighted by Crippen LogP contribution is 2.22. The third-order valence-corrected chi connectivity index (χ3v) is 4.64. The van der Waals surface area contributed by atoms with E-state index in [0.717, 1.165) is 29.3 Å². The maximum absolute atomic E-state index is 4.76. The molecule has 104 valence electrons. The van der Waals surface area contributed by atoms with Crippen molar-refractivity contribution in [2.45, 2.75) is 25.4 Å². The van der Waals surface area contributed by atoms with Crippen LogP contribution in [0.25, 0.3) is 11.0 Å². The van der Waals surface area contributed by atoms with Crippen LogP contribution in [0.5, 0.6) is 0 Å². The fourth-order valence-corrected chi connectivity index (χ4v) is 3.45. The van der Waals surface area contributed by atoms with Crippen molar-refractivity contribution < 1.29 is 0 Å². The molecule has 1 aromatic heterocycles. The average molecular weight is 268 g/mol. The summed E-state index contributed by atoms with van der Waals surface area (Å²) in [5, 5.41) is 0. The van der Waals surface area contributed by atoms with Crippen molar-refractivity contribution in [3.05, 3.63) is 36.2 Å². The molecule has 0 amide bonds. The van der Waals surface area contributed by atoms with Gasteiger partial charge in [0.25, 0.3) is 0 Å². The summed E-state index contributed by atoms with van der Waals surface area (Å²) in [5.41, 5.74) is 3.09. The van der Waals surface area contributed by atoms with E-state index in [1.807, 2.05) is 30.5 Å². The molecular weight excluding hydrogens is 248 g/mol. The number of rotatable bonds is 2. The molecule has 4 heteroatoms. The summed E-state index contributed by atoms with van der Waals surface area (Å²) in [6.45, 7) is 5.85. The molecule has 0 atom stereocenters. The SMILES string of the molecule is c1ccc2nc(CN3CCN4CCC3CC4)cnc2c1. The van der Waals surface area contributed by atoms with E-state index in [1.54, 1.807) is 0 Å². The Labute approximate surface area is 119 Å². The lowest BCUT2D eigenvalue weighted by Crippen LogP contribution is -2.37. The van der Waals surface area contributed by atoms with Crippen molar-refractivity contribution in [1.82, 2.24) is 19.8 Å². The molecular formula is C16H20N4. The molecule has 3 fully saturated rings. The molecule has 5 rings (SSSR count). The van der Waals surface area contributed by atoms with Gasteiger partial charge < -0.3 is 4.90 Å². The molecule has 0 saturated carbocycles. The number of aromatic nitrogens is 2. The van der Waals surface area contributed by atoms with Crippen molar-refractivity contribution in [2.24, 2.45) is 0 Å². The van der Waals surface area contributed by atoms with Crippen molar-refractivity contribution in [2.75, 3.05) is 26.2 Å². The Morgan fingerprint density at radius 1 is 1.00 bits per heavy atom. The fourth-order valence-electron chi connectivity index (χ4n) is 3.45. The molecule has 3 aliphatic rings. The zero-order chi connectivity index (χ0) is 13.4. The quantitative estimate of drug-likeness (QED) is 0.833. The van der Waals surface area contributed by atoms with E-state index in [-0.39, 0.29) is 0 Å². The predicted octanol–water partition coefficient (Wildman–Crippen LogP) is 1.91. The first kappa shape index (κ1) is 12.2. The fraction of sp³-hybridized carbons (Fsp3) is 0.500. The van der Waals surface area contributed by atoms with E-state index in [0.29, 0.717) is 0 Å².